The molecule has 2 N–H and O–H groups in total. The Kier molecular flexibility index (Phi) is 4.51. The highest BCUT2D eigenvalue weighted by molar-refractivity contribution is 5.88. The Balaban J connectivity index is 1.31. The molecule has 130 valence electrons. The van der Waals surface area contributed by atoms with Gasteiger partial charge in [-0.25, -0.2) is 4.68 Å². The lowest BCUT2D eigenvalue weighted by Gasteiger charge is -2.04. The summed E-state index contributed by atoms with van der Waals surface area (Å²) in [6, 6.07) is 18.0. The SMILES string of the molecule is O=C(Cc1c[nH]c2ccccc12)NCCc1cnn(-c2ccccc2)c1. The molecule has 4 aromatic rings. The van der Waals surface area contributed by atoms with Crippen LogP contribution in [0.15, 0.2) is 73.2 Å². The van der Waals surface area contributed by atoms with Crippen molar-refractivity contribution in [2.75, 3.05) is 6.54 Å². The Labute approximate surface area is 151 Å². The highest BCUT2D eigenvalue weighted by Crippen LogP contribution is 2.17. The van der Waals surface area contributed by atoms with Crippen LogP contribution < -0.4 is 5.32 Å². The predicted octanol–water partition coefficient (Wildman–Crippen LogP) is 3.26. The molecule has 0 atom stereocenters. The van der Waals surface area contributed by atoms with Crippen molar-refractivity contribution in [1.29, 1.82) is 0 Å². The number of carbonyl (C=O) groups excluding carboxylic acids is 1. The van der Waals surface area contributed by atoms with Gasteiger partial charge in [-0.2, -0.15) is 5.10 Å². The smallest absolute Gasteiger partial charge is 0.224 e. The van der Waals surface area contributed by atoms with E-state index in [1.807, 2.05) is 77.9 Å². The summed E-state index contributed by atoms with van der Waals surface area (Å²) in [4.78, 5) is 15.4. The Bertz CT molecular complexity index is 1020. The highest BCUT2D eigenvalue weighted by atomic mass is 16.1. The third-order valence-corrected chi connectivity index (χ3v) is 4.42. The molecule has 4 rings (SSSR count). The number of amides is 1. The van der Waals surface area contributed by atoms with Gasteiger partial charge in [0.05, 0.1) is 18.3 Å². The first-order chi connectivity index (χ1) is 12.8. The van der Waals surface area contributed by atoms with Gasteiger partial charge in [0.15, 0.2) is 0 Å². The number of rotatable bonds is 6. The number of aromatic amines is 1. The zero-order chi connectivity index (χ0) is 17.8. The van der Waals surface area contributed by atoms with E-state index in [9.17, 15) is 4.79 Å². The van der Waals surface area contributed by atoms with E-state index >= 15 is 0 Å². The molecule has 0 aliphatic carbocycles. The van der Waals surface area contributed by atoms with Gasteiger partial charge >= 0.3 is 0 Å². The fraction of sp³-hybridized carbons (Fsp3) is 0.143. The molecule has 0 bridgehead atoms. The van der Waals surface area contributed by atoms with Crippen molar-refractivity contribution in [3.05, 3.63) is 84.3 Å². The van der Waals surface area contributed by atoms with E-state index in [0.29, 0.717) is 13.0 Å². The number of hydrogen-bond donors (Lipinski definition) is 2. The average Bonchev–Trinajstić information content (AvgIpc) is 3.30. The van der Waals surface area contributed by atoms with Crippen LogP contribution in [0.5, 0.6) is 0 Å². The number of nitrogens with one attached hydrogen (secondary N) is 2. The van der Waals surface area contributed by atoms with Gasteiger partial charge in [-0.1, -0.05) is 36.4 Å². The van der Waals surface area contributed by atoms with Crippen molar-refractivity contribution in [3.8, 4) is 5.69 Å². The quantitative estimate of drug-likeness (QED) is 0.564. The molecule has 0 spiro atoms. The Morgan fingerprint density at radius 2 is 1.88 bits per heavy atom. The third-order valence-electron chi connectivity index (χ3n) is 4.42. The lowest BCUT2D eigenvalue weighted by molar-refractivity contribution is -0.120. The number of carbonyl (C=O) groups is 1. The van der Waals surface area contributed by atoms with Crippen molar-refractivity contribution in [1.82, 2.24) is 20.1 Å². The van der Waals surface area contributed by atoms with E-state index in [1.165, 1.54) is 0 Å². The number of aromatic nitrogens is 3. The number of hydrogen-bond acceptors (Lipinski definition) is 2. The van der Waals surface area contributed by atoms with E-state index in [-0.39, 0.29) is 5.91 Å². The summed E-state index contributed by atoms with van der Waals surface area (Å²) >= 11 is 0. The minimum atomic E-state index is 0.0326. The topological polar surface area (TPSA) is 62.7 Å². The first kappa shape index (κ1) is 16.1. The molecule has 2 aromatic heterocycles. The Morgan fingerprint density at radius 3 is 2.77 bits per heavy atom. The fourth-order valence-corrected chi connectivity index (χ4v) is 3.07. The molecule has 1 amide bonds. The number of nitrogens with zero attached hydrogens (tertiary/aromatic N) is 2. The maximum Gasteiger partial charge on any atom is 0.224 e. The zero-order valence-corrected chi connectivity index (χ0v) is 14.4. The van der Waals surface area contributed by atoms with Crippen LogP contribution in [0.3, 0.4) is 0 Å². The van der Waals surface area contributed by atoms with Crippen LogP contribution in [0.25, 0.3) is 16.6 Å². The molecule has 0 radical (unpaired) electrons. The van der Waals surface area contributed by atoms with Crippen LogP contribution in [0.2, 0.25) is 0 Å². The summed E-state index contributed by atoms with van der Waals surface area (Å²) in [5.41, 5.74) is 4.21. The number of benzene rings is 2. The summed E-state index contributed by atoms with van der Waals surface area (Å²) in [5.74, 6) is 0.0326. The van der Waals surface area contributed by atoms with Crippen molar-refractivity contribution in [2.45, 2.75) is 12.8 Å². The first-order valence-corrected chi connectivity index (χ1v) is 8.70. The highest BCUT2D eigenvalue weighted by Gasteiger charge is 2.08. The van der Waals surface area contributed by atoms with E-state index in [4.69, 9.17) is 0 Å². The molecule has 0 aliphatic rings. The van der Waals surface area contributed by atoms with Crippen LogP contribution >= 0.6 is 0 Å². The van der Waals surface area contributed by atoms with E-state index < -0.39 is 0 Å². The average molecular weight is 344 g/mol. The summed E-state index contributed by atoms with van der Waals surface area (Å²) in [6.07, 6.45) is 6.90. The van der Waals surface area contributed by atoms with E-state index in [2.05, 4.69) is 15.4 Å². The van der Waals surface area contributed by atoms with Crippen molar-refractivity contribution < 1.29 is 4.79 Å². The van der Waals surface area contributed by atoms with E-state index in [0.717, 1.165) is 34.1 Å². The molecule has 5 heteroatoms. The van der Waals surface area contributed by atoms with Crippen molar-refractivity contribution in [3.63, 3.8) is 0 Å². The van der Waals surface area contributed by atoms with Crippen LogP contribution in [0.1, 0.15) is 11.1 Å². The predicted molar refractivity (Wildman–Crippen MR) is 102 cm³/mol. The zero-order valence-electron chi connectivity index (χ0n) is 14.4. The van der Waals surface area contributed by atoms with Gasteiger partial charge in [-0.05, 0) is 35.7 Å². The largest absolute Gasteiger partial charge is 0.361 e. The summed E-state index contributed by atoms with van der Waals surface area (Å²) in [7, 11) is 0. The number of H-pyrrole nitrogens is 1. The van der Waals surface area contributed by atoms with Crippen LogP contribution in [0, 0.1) is 0 Å². The second kappa shape index (κ2) is 7.27. The monoisotopic (exact) mass is 344 g/mol. The van der Waals surface area contributed by atoms with Gasteiger partial charge in [-0.15, -0.1) is 0 Å². The van der Waals surface area contributed by atoms with Gasteiger partial charge in [0.25, 0.3) is 0 Å². The van der Waals surface area contributed by atoms with Crippen molar-refractivity contribution in [2.24, 2.45) is 0 Å². The van der Waals surface area contributed by atoms with Gasteiger partial charge in [-0.3, -0.25) is 4.79 Å². The number of para-hydroxylation sites is 2. The van der Waals surface area contributed by atoms with Gasteiger partial charge < -0.3 is 10.3 Å². The van der Waals surface area contributed by atoms with Gasteiger partial charge in [0, 0.05) is 29.8 Å². The van der Waals surface area contributed by atoms with E-state index in [1.54, 1.807) is 0 Å². The maximum absolute atomic E-state index is 12.2. The molecule has 5 nitrogen and oxygen atoms in total. The molecule has 0 saturated heterocycles. The summed E-state index contributed by atoms with van der Waals surface area (Å²) < 4.78 is 1.85. The molecular weight excluding hydrogens is 324 g/mol. The maximum atomic E-state index is 12.2. The first-order valence-electron chi connectivity index (χ1n) is 8.70. The molecule has 2 aromatic carbocycles. The van der Waals surface area contributed by atoms with Crippen LogP contribution in [0.4, 0.5) is 0 Å². The minimum Gasteiger partial charge on any atom is -0.361 e. The minimum absolute atomic E-state index is 0.0326. The second-order valence-corrected chi connectivity index (χ2v) is 6.26. The molecule has 0 unspecified atom stereocenters. The standard InChI is InChI=1S/C21H20N4O/c26-21(12-17-14-23-20-9-5-4-8-19(17)20)22-11-10-16-13-24-25(15-16)18-6-2-1-3-7-18/h1-9,13-15,23H,10-12H2,(H,22,26). The molecule has 0 aliphatic heterocycles. The lowest BCUT2D eigenvalue weighted by Crippen LogP contribution is -2.27. The molecule has 26 heavy (non-hydrogen) atoms. The Hall–Kier alpha value is -3.34. The number of fused-ring (bicyclic) bond motifs is 1. The lowest BCUT2D eigenvalue weighted by atomic mass is 10.1. The van der Waals surface area contributed by atoms with Crippen LogP contribution in [-0.2, 0) is 17.6 Å². The second-order valence-electron chi connectivity index (χ2n) is 6.26. The summed E-state index contributed by atoms with van der Waals surface area (Å²) in [6.45, 7) is 0.599. The summed E-state index contributed by atoms with van der Waals surface area (Å²) in [5, 5.41) is 8.48. The van der Waals surface area contributed by atoms with Crippen molar-refractivity contribution >= 4 is 16.8 Å². The third kappa shape index (κ3) is 3.52. The molecule has 0 fully saturated rings. The Morgan fingerprint density at radius 1 is 1.08 bits per heavy atom. The fourth-order valence-electron chi connectivity index (χ4n) is 3.07. The normalized spacial score (nSPS) is 10.9. The van der Waals surface area contributed by atoms with Gasteiger partial charge in [0.1, 0.15) is 0 Å². The van der Waals surface area contributed by atoms with Crippen LogP contribution in [-0.4, -0.2) is 27.2 Å². The van der Waals surface area contributed by atoms with Gasteiger partial charge in [0.2, 0.25) is 5.91 Å². The molecular formula is C21H20N4O. The molecule has 2 heterocycles. The molecule has 0 saturated carbocycles.